The molecule has 0 radical (unpaired) electrons. The SMILES string of the molecule is Cc1cc(N2CCOCC2)nc(N2CC[C@@H](O)C2)c1. The summed E-state index contributed by atoms with van der Waals surface area (Å²) in [6.07, 6.45) is 0.622. The van der Waals surface area contributed by atoms with Gasteiger partial charge in [-0.1, -0.05) is 0 Å². The van der Waals surface area contributed by atoms with E-state index in [-0.39, 0.29) is 6.10 Å². The molecule has 2 aliphatic rings. The Bertz CT molecular complexity index is 423. The number of hydrogen-bond acceptors (Lipinski definition) is 5. The van der Waals surface area contributed by atoms with Gasteiger partial charge in [0.1, 0.15) is 11.6 Å². The number of aryl methyl sites for hydroxylation is 1. The number of aliphatic hydroxyl groups is 1. The van der Waals surface area contributed by atoms with Crippen molar-refractivity contribution in [1.82, 2.24) is 4.98 Å². The summed E-state index contributed by atoms with van der Waals surface area (Å²) in [5.74, 6) is 2.01. The number of anilines is 2. The second-order valence-electron chi connectivity index (χ2n) is 5.35. The molecule has 1 aromatic rings. The van der Waals surface area contributed by atoms with Crippen molar-refractivity contribution in [3.05, 3.63) is 17.7 Å². The fourth-order valence-electron chi connectivity index (χ4n) is 2.70. The summed E-state index contributed by atoms with van der Waals surface area (Å²) in [5, 5.41) is 9.65. The van der Waals surface area contributed by atoms with Crippen molar-refractivity contribution < 1.29 is 9.84 Å². The number of aliphatic hydroxyl groups excluding tert-OH is 1. The van der Waals surface area contributed by atoms with Crippen LogP contribution in [0.2, 0.25) is 0 Å². The molecule has 2 aliphatic heterocycles. The minimum Gasteiger partial charge on any atom is -0.391 e. The Hall–Kier alpha value is -1.33. The quantitative estimate of drug-likeness (QED) is 0.855. The van der Waals surface area contributed by atoms with Crippen molar-refractivity contribution >= 4 is 11.6 Å². The average Bonchev–Trinajstić information content (AvgIpc) is 2.86. The minimum atomic E-state index is -0.214. The highest BCUT2D eigenvalue weighted by Crippen LogP contribution is 2.24. The number of pyridine rings is 1. The van der Waals surface area contributed by atoms with Crippen molar-refractivity contribution in [2.24, 2.45) is 0 Å². The third-order valence-corrected chi connectivity index (χ3v) is 3.77. The Morgan fingerprint density at radius 1 is 1.16 bits per heavy atom. The van der Waals surface area contributed by atoms with Crippen LogP contribution in [0, 0.1) is 6.92 Å². The molecule has 3 heterocycles. The second-order valence-corrected chi connectivity index (χ2v) is 5.35. The molecular weight excluding hydrogens is 242 g/mol. The number of β-amino-alcohol motifs (C(OH)–C–C–N with tert-alkyl or cyclic N) is 1. The minimum absolute atomic E-state index is 0.214. The van der Waals surface area contributed by atoms with Gasteiger partial charge < -0.3 is 19.6 Å². The molecule has 0 bridgehead atoms. The van der Waals surface area contributed by atoms with Crippen molar-refractivity contribution in [2.45, 2.75) is 19.4 Å². The number of morpholine rings is 1. The van der Waals surface area contributed by atoms with Crippen molar-refractivity contribution in [3.63, 3.8) is 0 Å². The van der Waals surface area contributed by atoms with Crippen LogP contribution in [0.3, 0.4) is 0 Å². The van der Waals surface area contributed by atoms with Gasteiger partial charge in [0.25, 0.3) is 0 Å². The molecule has 5 nitrogen and oxygen atoms in total. The molecule has 104 valence electrons. The molecule has 2 saturated heterocycles. The van der Waals surface area contributed by atoms with E-state index in [9.17, 15) is 5.11 Å². The van der Waals surface area contributed by atoms with Gasteiger partial charge in [0.15, 0.2) is 0 Å². The first-order chi connectivity index (χ1) is 9.22. The molecule has 19 heavy (non-hydrogen) atoms. The Balaban J connectivity index is 1.83. The topological polar surface area (TPSA) is 48.8 Å². The molecule has 1 aromatic heterocycles. The van der Waals surface area contributed by atoms with Crippen molar-refractivity contribution in [3.8, 4) is 0 Å². The molecule has 0 spiro atoms. The van der Waals surface area contributed by atoms with E-state index in [1.165, 1.54) is 5.56 Å². The standard InChI is InChI=1S/C14H21N3O2/c1-11-8-13(16-4-6-19-7-5-16)15-14(9-11)17-3-2-12(18)10-17/h8-9,12,18H,2-7,10H2,1H3/t12-/m1/s1. The summed E-state index contributed by atoms with van der Waals surface area (Å²) in [4.78, 5) is 9.20. The van der Waals surface area contributed by atoms with E-state index in [1.54, 1.807) is 0 Å². The fraction of sp³-hybridized carbons (Fsp3) is 0.643. The zero-order valence-corrected chi connectivity index (χ0v) is 11.4. The molecule has 0 unspecified atom stereocenters. The number of ether oxygens (including phenoxy) is 1. The smallest absolute Gasteiger partial charge is 0.131 e. The highest BCUT2D eigenvalue weighted by Gasteiger charge is 2.22. The summed E-state index contributed by atoms with van der Waals surface area (Å²) >= 11 is 0. The summed E-state index contributed by atoms with van der Waals surface area (Å²) < 4.78 is 5.38. The van der Waals surface area contributed by atoms with Gasteiger partial charge in [0, 0.05) is 26.2 Å². The Labute approximate surface area is 113 Å². The molecule has 3 rings (SSSR count). The van der Waals surface area contributed by atoms with E-state index in [4.69, 9.17) is 9.72 Å². The van der Waals surface area contributed by atoms with E-state index in [0.717, 1.165) is 50.9 Å². The molecule has 0 aromatic carbocycles. The van der Waals surface area contributed by atoms with Gasteiger partial charge in [0.05, 0.1) is 19.3 Å². The lowest BCUT2D eigenvalue weighted by atomic mass is 10.2. The number of aromatic nitrogens is 1. The van der Waals surface area contributed by atoms with Crippen LogP contribution in [0.15, 0.2) is 12.1 Å². The number of hydrogen-bond donors (Lipinski definition) is 1. The highest BCUT2D eigenvalue weighted by molar-refractivity contribution is 5.52. The lowest BCUT2D eigenvalue weighted by Crippen LogP contribution is -2.37. The van der Waals surface area contributed by atoms with Crippen molar-refractivity contribution in [1.29, 1.82) is 0 Å². The first kappa shape index (κ1) is 12.7. The Morgan fingerprint density at radius 2 is 1.84 bits per heavy atom. The third-order valence-electron chi connectivity index (χ3n) is 3.77. The van der Waals surface area contributed by atoms with E-state index >= 15 is 0 Å². The van der Waals surface area contributed by atoms with Crippen LogP contribution in [0.25, 0.3) is 0 Å². The highest BCUT2D eigenvalue weighted by atomic mass is 16.5. The first-order valence-electron chi connectivity index (χ1n) is 6.97. The van der Waals surface area contributed by atoms with Gasteiger partial charge in [-0.05, 0) is 31.0 Å². The van der Waals surface area contributed by atoms with Gasteiger partial charge in [-0.25, -0.2) is 4.98 Å². The maximum absolute atomic E-state index is 9.65. The molecule has 0 aliphatic carbocycles. The number of nitrogens with zero attached hydrogens (tertiary/aromatic N) is 3. The van der Waals surface area contributed by atoms with Crippen LogP contribution in [0.4, 0.5) is 11.6 Å². The van der Waals surface area contributed by atoms with E-state index in [2.05, 4.69) is 28.9 Å². The molecule has 1 N–H and O–H groups in total. The van der Waals surface area contributed by atoms with E-state index in [1.807, 2.05) is 0 Å². The zero-order valence-electron chi connectivity index (χ0n) is 11.4. The van der Waals surface area contributed by atoms with Gasteiger partial charge in [-0.2, -0.15) is 0 Å². The summed E-state index contributed by atoms with van der Waals surface area (Å²) in [5.41, 5.74) is 1.22. The van der Waals surface area contributed by atoms with Gasteiger partial charge in [0.2, 0.25) is 0 Å². The molecule has 5 heteroatoms. The monoisotopic (exact) mass is 263 g/mol. The Kier molecular flexibility index (Phi) is 3.57. The van der Waals surface area contributed by atoms with Crippen molar-refractivity contribution in [2.75, 3.05) is 49.2 Å². The van der Waals surface area contributed by atoms with Crippen LogP contribution < -0.4 is 9.80 Å². The predicted molar refractivity (Wildman–Crippen MR) is 74.8 cm³/mol. The lowest BCUT2D eigenvalue weighted by molar-refractivity contribution is 0.122. The number of rotatable bonds is 2. The normalized spacial score (nSPS) is 24.0. The van der Waals surface area contributed by atoms with Crippen LogP contribution in [-0.2, 0) is 4.74 Å². The average molecular weight is 263 g/mol. The van der Waals surface area contributed by atoms with Crippen LogP contribution in [0.1, 0.15) is 12.0 Å². The lowest BCUT2D eigenvalue weighted by Gasteiger charge is -2.29. The van der Waals surface area contributed by atoms with Gasteiger partial charge >= 0.3 is 0 Å². The summed E-state index contributed by atoms with van der Waals surface area (Å²) in [6, 6.07) is 4.23. The van der Waals surface area contributed by atoms with Gasteiger partial charge in [-0.3, -0.25) is 0 Å². The van der Waals surface area contributed by atoms with Crippen LogP contribution in [-0.4, -0.2) is 55.6 Å². The summed E-state index contributed by atoms with van der Waals surface area (Å²) in [6.45, 7) is 7.03. The fourth-order valence-corrected chi connectivity index (χ4v) is 2.70. The molecule has 2 fully saturated rings. The first-order valence-corrected chi connectivity index (χ1v) is 6.97. The Morgan fingerprint density at radius 3 is 2.47 bits per heavy atom. The zero-order chi connectivity index (χ0) is 13.2. The summed E-state index contributed by atoms with van der Waals surface area (Å²) in [7, 11) is 0. The van der Waals surface area contributed by atoms with E-state index in [0.29, 0.717) is 6.54 Å². The molecule has 0 saturated carbocycles. The largest absolute Gasteiger partial charge is 0.391 e. The van der Waals surface area contributed by atoms with Gasteiger partial charge in [-0.15, -0.1) is 0 Å². The predicted octanol–water partition coefficient (Wildman–Crippen LogP) is 0.798. The molecule has 0 amide bonds. The maximum atomic E-state index is 9.65. The molecular formula is C14H21N3O2. The third kappa shape index (κ3) is 2.82. The van der Waals surface area contributed by atoms with Crippen LogP contribution >= 0.6 is 0 Å². The van der Waals surface area contributed by atoms with E-state index < -0.39 is 0 Å². The van der Waals surface area contributed by atoms with Crippen LogP contribution in [0.5, 0.6) is 0 Å². The second kappa shape index (κ2) is 5.35. The molecule has 1 atom stereocenters. The maximum Gasteiger partial charge on any atom is 0.131 e.